The molecule has 4 heteroatoms. The fourth-order valence-corrected chi connectivity index (χ4v) is 1.12. The van der Waals surface area contributed by atoms with Gasteiger partial charge in [0.25, 0.3) is 0 Å². The SMILES string of the molecule is CCCCCn1cnnc1CO. The average molecular weight is 169 g/mol. The highest BCUT2D eigenvalue weighted by molar-refractivity contribution is 4.81. The molecule has 1 heterocycles. The van der Waals surface area contributed by atoms with Gasteiger partial charge in [0.15, 0.2) is 5.82 Å². The number of nitrogens with zero attached hydrogens (tertiary/aromatic N) is 3. The summed E-state index contributed by atoms with van der Waals surface area (Å²) in [5, 5.41) is 16.3. The molecule has 0 bridgehead atoms. The summed E-state index contributed by atoms with van der Waals surface area (Å²) in [6.45, 7) is 3.06. The summed E-state index contributed by atoms with van der Waals surface area (Å²) in [4.78, 5) is 0. The first kappa shape index (κ1) is 9.19. The van der Waals surface area contributed by atoms with Gasteiger partial charge in [-0.3, -0.25) is 0 Å². The monoisotopic (exact) mass is 169 g/mol. The molecule has 12 heavy (non-hydrogen) atoms. The largest absolute Gasteiger partial charge is 0.388 e. The number of aromatic nitrogens is 3. The fraction of sp³-hybridized carbons (Fsp3) is 0.750. The summed E-state index contributed by atoms with van der Waals surface area (Å²) < 4.78 is 1.90. The molecule has 1 rings (SSSR count). The Hall–Kier alpha value is -0.900. The Kier molecular flexibility index (Phi) is 3.73. The molecular formula is C8H15N3O. The van der Waals surface area contributed by atoms with E-state index in [0.717, 1.165) is 13.0 Å². The number of hydrogen-bond acceptors (Lipinski definition) is 3. The van der Waals surface area contributed by atoms with E-state index in [2.05, 4.69) is 17.1 Å². The maximum atomic E-state index is 8.84. The van der Waals surface area contributed by atoms with E-state index in [9.17, 15) is 0 Å². The Balaban J connectivity index is 2.39. The van der Waals surface area contributed by atoms with E-state index in [4.69, 9.17) is 5.11 Å². The maximum Gasteiger partial charge on any atom is 0.158 e. The number of rotatable bonds is 5. The first-order chi connectivity index (χ1) is 5.88. The molecule has 0 spiro atoms. The van der Waals surface area contributed by atoms with Crippen LogP contribution < -0.4 is 0 Å². The van der Waals surface area contributed by atoms with Crippen molar-refractivity contribution in [3.05, 3.63) is 12.2 Å². The highest BCUT2D eigenvalue weighted by atomic mass is 16.3. The first-order valence-corrected chi connectivity index (χ1v) is 4.36. The molecule has 1 aromatic rings. The minimum atomic E-state index is -0.0217. The predicted octanol–water partition coefficient (Wildman–Crippen LogP) is 0.961. The van der Waals surface area contributed by atoms with Gasteiger partial charge in [0.2, 0.25) is 0 Å². The summed E-state index contributed by atoms with van der Waals surface area (Å²) in [5.41, 5.74) is 0. The lowest BCUT2D eigenvalue weighted by Gasteiger charge is -2.02. The van der Waals surface area contributed by atoms with Gasteiger partial charge >= 0.3 is 0 Å². The number of aliphatic hydroxyl groups excluding tert-OH is 1. The number of aliphatic hydroxyl groups is 1. The van der Waals surface area contributed by atoms with Crippen LogP contribution in [0.15, 0.2) is 6.33 Å². The van der Waals surface area contributed by atoms with E-state index in [1.807, 2.05) is 4.57 Å². The van der Waals surface area contributed by atoms with Gasteiger partial charge in [0.05, 0.1) is 0 Å². The molecule has 0 saturated carbocycles. The van der Waals surface area contributed by atoms with Crippen molar-refractivity contribution < 1.29 is 5.11 Å². The Morgan fingerprint density at radius 3 is 3.00 bits per heavy atom. The third kappa shape index (κ3) is 2.30. The zero-order valence-electron chi connectivity index (χ0n) is 7.40. The smallest absolute Gasteiger partial charge is 0.158 e. The maximum absolute atomic E-state index is 8.84. The van der Waals surface area contributed by atoms with E-state index < -0.39 is 0 Å². The van der Waals surface area contributed by atoms with Crippen molar-refractivity contribution in [2.24, 2.45) is 0 Å². The van der Waals surface area contributed by atoms with Crippen LogP contribution in [0.5, 0.6) is 0 Å². The topological polar surface area (TPSA) is 50.9 Å². The minimum Gasteiger partial charge on any atom is -0.388 e. The number of unbranched alkanes of at least 4 members (excludes halogenated alkanes) is 2. The van der Waals surface area contributed by atoms with Crippen LogP contribution in [0.3, 0.4) is 0 Å². The zero-order chi connectivity index (χ0) is 8.81. The second-order valence-electron chi connectivity index (χ2n) is 2.81. The van der Waals surface area contributed by atoms with Crippen molar-refractivity contribution in [2.45, 2.75) is 39.3 Å². The van der Waals surface area contributed by atoms with Crippen LogP contribution in [0.4, 0.5) is 0 Å². The number of aryl methyl sites for hydroxylation is 1. The lowest BCUT2D eigenvalue weighted by Crippen LogP contribution is -2.02. The molecule has 0 saturated heterocycles. The molecule has 0 aliphatic rings. The van der Waals surface area contributed by atoms with Crippen molar-refractivity contribution in [3.8, 4) is 0 Å². The van der Waals surface area contributed by atoms with E-state index in [1.54, 1.807) is 6.33 Å². The van der Waals surface area contributed by atoms with Crippen molar-refractivity contribution in [2.75, 3.05) is 0 Å². The Bertz CT molecular complexity index is 222. The van der Waals surface area contributed by atoms with Gasteiger partial charge in [-0.05, 0) is 6.42 Å². The van der Waals surface area contributed by atoms with Crippen molar-refractivity contribution in [1.82, 2.24) is 14.8 Å². The molecule has 0 unspecified atom stereocenters. The molecule has 1 N–H and O–H groups in total. The normalized spacial score (nSPS) is 10.5. The Morgan fingerprint density at radius 2 is 2.33 bits per heavy atom. The summed E-state index contributed by atoms with van der Waals surface area (Å²) >= 11 is 0. The molecule has 0 aromatic carbocycles. The molecular weight excluding hydrogens is 154 g/mol. The van der Waals surface area contributed by atoms with Crippen molar-refractivity contribution >= 4 is 0 Å². The fourth-order valence-electron chi connectivity index (χ4n) is 1.12. The summed E-state index contributed by atoms with van der Waals surface area (Å²) in [6.07, 6.45) is 5.21. The van der Waals surface area contributed by atoms with E-state index in [0.29, 0.717) is 5.82 Å². The number of hydrogen-bond donors (Lipinski definition) is 1. The van der Waals surface area contributed by atoms with Crippen LogP contribution in [0, 0.1) is 0 Å². The third-order valence-electron chi connectivity index (χ3n) is 1.84. The molecule has 0 aliphatic heterocycles. The second-order valence-corrected chi connectivity index (χ2v) is 2.81. The Labute approximate surface area is 72.2 Å². The van der Waals surface area contributed by atoms with Gasteiger partial charge in [-0.25, -0.2) is 0 Å². The summed E-state index contributed by atoms with van der Waals surface area (Å²) in [6, 6.07) is 0. The van der Waals surface area contributed by atoms with E-state index in [-0.39, 0.29) is 6.61 Å². The van der Waals surface area contributed by atoms with Gasteiger partial charge in [0, 0.05) is 6.54 Å². The van der Waals surface area contributed by atoms with E-state index in [1.165, 1.54) is 12.8 Å². The van der Waals surface area contributed by atoms with Gasteiger partial charge in [-0.2, -0.15) is 0 Å². The van der Waals surface area contributed by atoms with Gasteiger partial charge < -0.3 is 9.67 Å². The standard InChI is InChI=1S/C8H15N3O/c1-2-3-4-5-11-7-9-10-8(11)6-12/h7,12H,2-6H2,1H3. The quantitative estimate of drug-likeness (QED) is 0.668. The molecule has 0 fully saturated rings. The second kappa shape index (κ2) is 4.87. The highest BCUT2D eigenvalue weighted by Crippen LogP contribution is 2.00. The first-order valence-electron chi connectivity index (χ1n) is 4.36. The van der Waals surface area contributed by atoms with Crippen LogP contribution in [-0.2, 0) is 13.2 Å². The lowest BCUT2D eigenvalue weighted by atomic mass is 10.2. The van der Waals surface area contributed by atoms with E-state index >= 15 is 0 Å². The molecule has 68 valence electrons. The van der Waals surface area contributed by atoms with Crippen LogP contribution >= 0.6 is 0 Å². The predicted molar refractivity (Wildman–Crippen MR) is 45.5 cm³/mol. The van der Waals surface area contributed by atoms with Gasteiger partial charge in [-0.15, -0.1) is 10.2 Å². The van der Waals surface area contributed by atoms with Crippen molar-refractivity contribution in [1.29, 1.82) is 0 Å². The molecule has 0 atom stereocenters. The molecule has 0 aliphatic carbocycles. The lowest BCUT2D eigenvalue weighted by molar-refractivity contribution is 0.264. The minimum absolute atomic E-state index is 0.0217. The van der Waals surface area contributed by atoms with Crippen LogP contribution in [0.1, 0.15) is 32.0 Å². The van der Waals surface area contributed by atoms with Crippen LogP contribution in [-0.4, -0.2) is 19.9 Å². The van der Waals surface area contributed by atoms with Gasteiger partial charge in [-0.1, -0.05) is 19.8 Å². The van der Waals surface area contributed by atoms with Crippen molar-refractivity contribution in [3.63, 3.8) is 0 Å². The highest BCUT2D eigenvalue weighted by Gasteiger charge is 2.00. The molecule has 0 amide bonds. The summed E-state index contributed by atoms with van der Waals surface area (Å²) in [5.74, 6) is 0.658. The molecule has 0 radical (unpaired) electrons. The van der Waals surface area contributed by atoms with Gasteiger partial charge in [0.1, 0.15) is 12.9 Å². The summed E-state index contributed by atoms with van der Waals surface area (Å²) in [7, 11) is 0. The zero-order valence-corrected chi connectivity index (χ0v) is 7.40. The Morgan fingerprint density at radius 1 is 1.50 bits per heavy atom. The molecule has 4 nitrogen and oxygen atoms in total. The van der Waals surface area contributed by atoms with Crippen LogP contribution in [0.25, 0.3) is 0 Å². The third-order valence-corrected chi connectivity index (χ3v) is 1.84. The van der Waals surface area contributed by atoms with Crippen LogP contribution in [0.2, 0.25) is 0 Å². The average Bonchev–Trinajstić information content (AvgIpc) is 2.52. The molecule has 1 aromatic heterocycles.